The van der Waals surface area contributed by atoms with Crippen molar-refractivity contribution in [2.45, 2.75) is 20.4 Å². The molecule has 0 aliphatic carbocycles. The Labute approximate surface area is 135 Å². The summed E-state index contributed by atoms with van der Waals surface area (Å²) in [6.07, 6.45) is 0. The number of anilines is 2. The standard InChI is InChI=1S/C18H21FN2O2/c1-3-21(4-2)16-9-7-15(8-10-16)20-12-14-6-5-13(18(22)23)11-17(14)19/h5-11,20H,3-4,12H2,1-2H3,(H,22,23). The molecule has 2 N–H and O–H groups in total. The largest absolute Gasteiger partial charge is 0.478 e. The summed E-state index contributed by atoms with van der Waals surface area (Å²) in [5.74, 6) is -1.65. The molecule has 0 fully saturated rings. The van der Waals surface area contributed by atoms with Gasteiger partial charge in [0.05, 0.1) is 5.56 Å². The molecule has 4 nitrogen and oxygen atoms in total. The van der Waals surface area contributed by atoms with Crippen LogP contribution in [-0.4, -0.2) is 24.2 Å². The van der Waals surface area contributed by atoms with Crippen molar-refractivity contribution in [2.24, 2.45) is 0 Å². The van der Waals surface area contributed by atoms with Gasteiger partial charge in [0.1, 0.15) is 5.82 Å². The van der Waals surface area contributed by atoms with Gasteiger partial charge in [0, 0.05) is 36.6 Å². The third-order valence-corrected chi connectivity index (χ3v) is 3.78. The molecule has 122 valence electrons. The zero-order chi connectivity index (χ0) is 16.8. The van der Waals surface area contributed by atoms with Crippen LogP contribution in [0.2, 0.25) is 0 Å². The molecule has 0 spiro atoms. The van der Waals surface area contributed by atoms with Crippen molar-refractivity contribution in [2.75, 3.05) is 23.3 Å². The molecule has 0 saturated carbocycles. The van der Waals surface area contributed by atoms with Crippen LogP contribution in [0.25, 0.3) is 0 Å². The first-order valence-corrected chi connectivity index (χ1v) is 7.65. The van der Waals surface area contributed by atoms with Crippen LogP contribution in [0.15, 0.2) is 42.5 Å². The van der Waals surface area contributed by atoms with E-state index in [2.05, 4.69) is 24.1 Å². The average molecular weight is 316 g/mol. The highest BCUT2D eigenvalue weighted by molar-refractivity contribution is 5.87. The van der Waals surface area contributed by atoms with Gasteiger partial charge in [-0.05, 0) is 50.2 Å². The fourth-order valence-electron chi connectivity index (χ4n) is 2.40. The Hall–Kier alpha value is -2.56. The van der Waals surface area contributed by atoms with Gasteiger partial charge in [-0.3, -0.25) is 0 Å². The maximum absolute atomic E-state index is 13.9. The van der Waals surface area contributed by atoms with Crippen LogP contribution in [0.1, 0.15) is 29.8 Å². The number of halogens is 1. The Kier molecular flexibility index (Phi) is 5.57. The summed E-state index contributed by atoms with van der Waals surface area (Å²) in [4.78, 5) is 13.0. The molecule has 0 aliphatic rings. The molecule has 0 aliphatic heterocycles. The number of hydrogen-bond acceptors (Lipinski definition) is 3. The minimum Gasteiger partial charge on any atom is -0.478 e. The molecule has 0 radical (unpaired) electrons. The average Bonchev–Trinajstić information content (AvgIpc) is 2.56. The summed E-state index contributed by atoms with van der Waals surface area (Å²) < 4.78 is 13.9. The molecule has 0 aromatic heterocycles. The molecule has 2 aromatic carbocycles. The highest BCUT2D eigenvalue weighted by Gasteiger charge is 2.08. The second kappa shape index (κ2) is 7.63. The number of carbonyl (C=O) groups is 1. The van der Waals surface area contributed by atoms with E-state index in [9.17, 15) is 9.18 Å². The molecule has 0 amide bonds. The van der Waals surface area contributed by atoms with Crippen LogP contribution in [0, 0.1) is 5.82 Å². The zero-order valence-corrected chi connectivity index (χ0v) is 13.3. The smallest absolute Gasteiger partial charge is 0.335 e. The monoisotopic (exact) mass is 316 g/mol. The number of rotatable bonds is 7. The maximum Gasteiger partial charge on any atom is 0.335 e. The predicted molar refractivity (Wildman–Crippen MR) is 90.7 cm³/mol. The van der Waals surface area contributed by atoms with Crippen molar-refractivity contribution in [1.82, 2.24) is 0 Å². The van der Waals surface area contributed by atoms with E-state index in [-0.39, 0.29) is 5.56 Å². The molecule has 0 saturated heterocycles. The normalized spacial score (nSPS) is 10.4. The lowest BCUT2D eigenvalue weighted by Crippen LogP contribution is -2.21. The van der Waals surface area contributed by atoms with Gasteiger partial charge in [0.15, 0.2) is 0 Å². The van der Waals surface area contributed by atoms with E-state index in [4.69, 9.17) is 5.11 Å². The van der Waals surface area contributed by atoms with Gasteiger partial charge in [-0.1, -0.05) is 6.07 Å². The predicted octanol–water partition coefficient (Wildman–Crippen LogP) is 3.98. The van der Waals surface area contributed by atoms with E-state index >= 15 is 0 Å². The third-order valence-electron chi connectivity index (χ3n) is 3.78. The highest BCUT2D eigenvalue weighted by Crippen LogP contribution is 2.19. The summed E-state index contributed by atoms with van der Waals surface area (Å²) in [5, 5.41) is 12.0. The van der Waals surface area contributed by atoms with Crippen LogP contribution in [0.4, 0.5) is 15.8 Å². The van der Waals surface area contributed by atoms with Crippen molar-refractivity contribution in [3.05, 3.63) is 59.4 Å². The van der Waals surface area contributed by atoms with E-state index in [1.54, 1.807) is 0 Å². The molecule has 23 heavy (non-hydrogen) atoms. The van der Waals surface area contributed by atoms with E-state index in [1.165, 1.54) is 12.1 Å². The fraction of sp³-hybridized carbons (Fsp3) is 0.278. The Morgan fingerprint density at radius 2 is 1.78 bits per heavy atom. The van der Waals surface area contributed by atoms with Crippen LogP contribution in [-0.2, 0) is 6.54 Å². The van der Waals surface area contributed by atoms with Gasteiger partial charge < -0.3 is 15.3 Å². The van der Waals surface area contributed by atoms with Crippen molar-refractivity contribution < 1.29 is 14.3 Å². The quantitative estimate of drug-likeness (QED) is 0.811. The van der Waals surface area contributed by atoms with Gasteiger partial charge in [-0.25, -0.2) is 9.18 Å². The topological polar surface area (TPSA) is 52.6 Å². The van der Waals surface area contributed by atoms with E-state index in [0.29, 0.717) is 12.1 Å². The number of aromatic carboxylic acids is 1. The molecule has 2 aromatic rings. The minimum absolute atomic E-state index is 0.0465. The first kappa shape index (κ1) is 16.8. The number of carboxylic acids is 1. The molecular formula is C18H21FN2O2. The zero-order valence-electron chi connectivity index (χ0n) is 13.3. The molecular weight excluding hydrogens is 295 g/mol. The van der Waals surface area contributed by atoms with Crippen LogP contribution in [0.3, 0.4) is 0 Å². The van der Waals surface area contributed by atoms with Crippen LogP contribution >= 0.6 is 0 Å². The summed E-state index contributed by atoms with van der Waals surface area (Å²) in [5.41, 5.74) is 2.43. The van der Waals surface area contributed by atoms with Gasteiger partial charge in [0.25, 0.3) is 0 Å². The minimum atomic E-state index is -1.13. The van der Waals surface area contributed by atoms with Crippen molar-refractivity contribution in [3.63, 3.8) is 0 Å². The first-order valence-electron chi connectivity index (χ1n) is 7.65. The summed E-state index contributed by atoms with van der Waals surface area (Å²) in [7, 11) is 0. The molecule has 5 heteroatoms. The lowest BCUT2D eigenvalue weighted by molar-refractivity contribution is 0.0696. The Bertz CT molecular complexity index is 667. The second-order valence-corrected chi connectivity index (χ2v) is 5.18. The van der Waals surface area contributed by atoms with E-state index < -0.39 is 11.8 Å². The molecule has 0 bridgehead atoms. The number of benzene rings is 2. The summed E-state index contributed by atoms with van der Waals surface area (Å²) >= 11 is 0. The Morgan fingerprint density at radius 1 is 1.13 bits per heavy atom. The van der Waals surface area contributed by atoms with Gasteiger partial charge in [0.2, 0.25) is 0 Å². The fourth-order valence-corrected chi connectivity index (χ4v) is 2.40. The maximum atomic E-state index is 13.9. The third kappa shape index (κ3) is 4.22. The number of nitrogens with one attached hydrogen (secondary N) is 1. The van der Waals surface area contributed by atoms with Gasteiger partial charge in [-0.2, -0.15) is 0 Å². The van der Waals surface area contributed by atoms with Gasteiger partial charge in [-0.15, -0.1) is 0 Å². The van der Waals surface area contributed by atoms with Crippen molar-refractivity contribution in [1.29, 1.82) is 0 Å². The van der Waals surface area contributed by atoms with Gasteiger partial charge >= 0.3 is 5.97 Å². The SMILES string of the molecule is CCN(CC)c1ccc(NCc2ccc(C(=O)O)cc2F)cc1. The summed E-state index contributed by atoms with van der Waals surface area (Å²) in [6, 6.07) is 11.9. The van der Waals surface area contributed by atoms with E-state index in [1.807, 2.05) is 24.3 Å². The lowest BCUT2D eigenvalue weighted by atomic mass is 10.1. The molecule has 2 rings (SSSR count). The molecule has 0 heterocycles. The Balaban J connectivity index is 2.02. The lowest BCUT2D eigenvalue weighted by Gasteiger charge is -2.21. The number of hydrogen-bond donors (Lipinski definition) is 2. The number of nitrogens with zero attached hydrogens (tertiary/aromatic N) is 1. The Morgan fingerprint density at radius 3 is 2.30 bits per heavy atom. The first-order chi connectivity index (χ1) is 11.0. The van der Waals surface area contributed by atoms with Crippen molar-refractivity contribution >= 4 is 17.3 Å². The summed E-state index contributed by atoms with van der Waals surface area (Å²) in [6.45, 7) is 6.42. The highest BCUT2D eigenvalue weighted by atomic mass is 19.1. The second-order valence-electron chi connectivity index (χ2n) is 5.18. The molecule has 0 unspecified atom stereocenters. The van der Waals surface area contributed by atoms with Crippen LogP contribution in [0.5, 0.6) is 0 Å². The molecule has 0 atom stereocenters. The van der Waals surface area contributed by atoms with Crippen LogP contribution < -0.4 is 10.2 Å². The van der Waals surface area contributed by atoms with E-state index in [0.717, 1.165) is 30.5 Å². The van der Waals surface area contributed by atoms with Crippen molar-refractivity contribution in [3.8, 4) is 0 Å². The number of carboxylic acid groups (broad SMARTS) is 1.